The molecule has 1 rings (SSSR count). The highest BCUT2D eigenvalue weighted by Crippen LogP contribution is 2.09. The van der Waals surface area contributed by atoms with Crippen LogP contribution in [-0.2, 0) is 5.33 Å². The summed E-state index contributed by atoms with van der Waals surface area (Å²) >= 11 is 3.36. The molecule has 0 aromatic heterocycles. The van der Waals surface area contributed by atoms with E-state index in [-0.39, 0.29) is 24.5 Å². The van der Waals surface area contributed by atoms with Crippen molar-refractivity contribution in [2.75, 3.05) is 6.61 Å². The van der Waals surface area contributed by atoms with Crippen LogP contribution >= 0.6 is 15.9 Å². The number of carbonyl (C=O) groups excluding carboxylic acids is 1. The molecular weight excluding hydrogens is 282 g/mol. The highest BCUT2D eigenvalue weighted by atomic mass is 79.9. The molecule has 2 N–H and O–H groups in total. The van der Waals surface area contributed by atoms with Crippen LogP contribution in [0.3, 0.4) is 0 Å². The van der Waals surface area contributed by atoms with Crippen molar-refractivity contribution < 1.29 is 9.90 Å². The molecule has 0 heterocycles. The third kappa shape index (κ3) is 4.13. The summed E-state index contributed by atoms with van der Waals surface area (Å²) in [4.78, 5) is 11.9. The van der Waals surface area contributed by atoms with Gasteiger partial charge in [0, 0.05) is 10.9 Å². The van der Waals surface area contributed by atoms with Crippen LogP contribution in [0.1, 0.15) is 29.8 Å². The molecule has 1 aromatic carbocycles. The van der Waals surface area contributed by atoms with Crippen LogP contribution in [0.15, 0.2) is 24.3 Å². The smallest absolute Gasteiger partial charge is 0.251 e. The third-order valence-electron chi connectivity index (χ3n) is 2.69. The molecule has 1 aromatic rings. The summed E-state index contributed by atoms with van der Waals surface area (Å²) in [5.41, 5.74) is 1.75. The van der Waals surface area contributed by atoms with E-state index in [4.69, 9.17) is 5.11 Å². The van der Waals surface area contributed by atoms with E-state index in [2.05, 4.69) is 21.2 Å². The first-order valence-corrected chi connectivity index (χ1v) is 6.77. The molecule has 0 saturated carbocycles. The number of hydrogen-bond donors (Lipinski definition) is 2. The highest BCUT2D eigenvalue weighted by Gasteiger charge is 2.15. The Morgan fingerprint density at radius 2 is 1.94 bits per heavy atom. The van der Waals surface area contributed by atoms with Gasteiger partial charge in [-0.25, -0.2) is 0 Å². The Morgan fingerprint density at radius 3 is 2.35 bits per heavy atom. The molecule has 4 heteroatoms. The van der Waals surface area contributed by atoms with E-state index >= 15 is 0 Å². The van der Waals surface area contributed by atoms with Gasteiger partial charge in [-0.3, -0.25) is 4.79 Å². The molecule has 1 amide bonds. The lowest BCUT2D eigenvalue weighted by Gasteiger charge is -2.19. The van der Waals surface area contributed by atoms with Crippen molar-refractivity contribution in [3.63, 3.8) is 0 Å². The van der Waals surface area contributed by atoms with Crippen molar-refractivity contribution in [2.45, 2.75) is 25.2 Å². The third-order valence-corrected chi connectivity index (χ3v) is 3.34. The molecule has 0 radical (unpaired) electrons. The predicted molar refractivity (Wildman–Crippen MR) is 72.3 cm³/mol. The van der Waals surface area contributed by atoms with E-state index in [9.17, 15) is 4.79 Å². The molecule has 0 fully saturated rings. The Morgan fingerprint density at radius 1 is 1.35 bits per heavy atom. The van der Waals surface area contributed by atoms with E-state index in [1.807, 2.05) is 26.0 Å². The second kappa shape index (κ2) is 6.77. The normalized spacial score (nSPS) is 12.5. The number of hydrogen-bond acceptors (Lipinski definition) is 2. The number of nitrogens with one attached hydrogen (secondary N) is 1. The van der Waals surface area contributed by atoms with Gasteiger partial charge < -0.3 is 10.4 Å². The van der Waals surface area contributed by atoms with Gasteiger partial charge in [0.2, 0.25) is 0 Å². The first-order valence-electron chi connectivity index (χ1n) is 5.65. The fourth-order valence-electron chi connectivity index (χ4n) is 1.42. The Hall–Kier alpha value is -0.870. The van der Waals surface area contributed by atoms with Crippen molar-refractivity contribution in [3.8, 4) is 0 Å². The molecule has 0 aliphatic rings. The van der Waals surface area contributed by atoms with Gasteiger partial charge in [-0.05, 0) is 23.6 Å². The number of amides is 1. The summed E-state index contributed by atoms with van der Waals surface area (Å²) in [7, 11) is 0. The van der Waals surface area contributed by atoms with E-state index in [0.717, 1.165) is 10.9 Å². The van der Waals surface area contributed by atoms with Crippen LogP contribution in [0.2, 0.25) is 0 Å². The SMILES string of the molecule is CC(C)[C@@H](CO)NC(=O)c1ccc(CBr)cc1. The quantitative estimate of drug-likeness (QED) is 0.820. The van der Waals surface area contributed by atoms with Gasteiger partial charge in [0.05, 0.1) is 12.6 Å². The van der Waals surface area contributed by atoms with Gasteiger partial charge in [0.25, 0.3) is 5.91 Å². The number of halogens is 1. The summed E-state index contributed by atoms with van der Waals surface area (Å²) in [6, 6.07) is 7.21. The maximum Gasteiger partial charge on any atom is 0.251 e. The molecule has 0 aliphatic carbocycles. The van der Waals surface area contributed by atoms with Crippen LogP contribution in [0.25, 0.3) is 0 Å². The lowest BCUT2D eigenvalue weighted by molar-refractivity contribution is 0.0897. The number of benzene rings is 1. The number of alkyl halides is 1. The molecule has 94 valence electrons. The summed E-state index contributed by atoms with van der Waals surface area (Å²) in [6.07, 6.45) is 0. The van der Waals surface area contributed by atoms with Crippen molar-refractivity contribution in [1.29, 1.82) is 0 Å². The zero-order valence-electron chi connectivity index (χ0n) is 10.1. The van der Waals surface area contributed by atoms with Gasteiger partial charge >= 0.3 is 0 Å². The van der Waals surface area contributed by atoms with E-state index in [1.54, 1.807) is 12.1 Å². The standard InChI is InChI=1S/C13H18BrNO2/c1-9(2)12(8-16)15-13(17)11-5-3-10(7-14)4-6-11/h3-6,9,12,16H,7-8H2,1-2H3,(H,15,17)/t12-/m1/s1. The monoisotopic (exact) mass is 299 g/mol. The summed E-state index contributed by atoms with van der Waals surface area (Å²) in [5.74, 6) is 0.0737. The predicted octanol–water partition coefficient (Wildman–Crippen LogP) is 2.33. The average Bonchev–Trinajstić information content (AvgIpc) is 2.35. The number of rotatable bonds is 5. The van der Waals surface area contributed by atoms with Crippen molar-refractivity contribution in [1.82, 2.24) is 5.32 Å². The molecule has 1 atom stereocenters. The maximum absolute atomic E-state index is 11.9. The molecule has 0 aliphatic heterocycles. The summed E-state index contributed by atoms with van der Waals surface area (Å²) < 4.78 is 0. The topological polar surface area (TPSA) is 49.3 Å². The lowest BCUT2D eigenvalue weighted by Crippen LogP contribution is -2.41. The lowest BCUT2D eigenvalue weighted by atomic mass is 10.0. The minimum absolute atomic E-state index is 0.0388. The highest BCUT2D eigenvalue weighted by molar-refractivity contribution is 9.08. The summed E-state index contributed by atoms with van der Waals surface area (Å²) in [6.45, 7) is 3.90. The molecular formula is C13H18BrNO2. The molecule has 0 saturated heterocycles. The number of carbonyl (C=O) groups is 1. The van der Waals surface area contributed by atoms with E-state index in [0.29, 0.717) is 5.56 Å². The Kier molecular flexibility index (Phi) is 5.65. The fraction of sp³-hybridized carbons (Fsp3) is 0.462. The van der Waals surface area contributed by atoms with E-state index < -0.39 is 0 Å². The zero-order chi connectivity index (χ0) is 12.8. The Bertz CT molecular complexity index is 362. The number of aliphatic hydroxyl groups is 1. The van der Waals surface area contributed by atoms with Gasteiger partial charge in [0.15, 0.2) is 0 Å². The number of aliphatic hydroxyl groups excluding tert-OH is 1. The maximum atomic E-state index is 11.9. The minimum atomic E-state index is -0.196. The average molecular weight is 300 g/mol. The molecule has 17 heavy (non-hydrogen) atoms. The summed E-state index contributed by atoms with van der Waals surface area (Å²) in [5, 5.41) is 12.8. The fourth-order valence-corrected chi connectivity index (χ4v) is 1.79. The van der Waals surface area contributed by atoms with Gasteiger partial charge in [-0.2, -0.15) is 0 Å². The van der Waals surface area contributed by atoms with Crippen LogP contribution in [0, 0.1) is 5.92 Å². The molecule has 3 nitrogen and oxygen atoms in total. The molecule has 0 unspecified atom stereocenters. The Labute approximate surface area is 110 Å². The van der Waals surface area contributed by atoms with Crippen molar-refractivity contribution in [2.24, 2.45) is 5.92 Å². The van der Waals surface area contributed by atoms with Crippen LogP contribution in [0.4, 0.5) is 0 Å². The molecule has 0 bridgehead atoms. The largest absolute Gasteiger partial charge is 0.394 e. The van der Waals surface area contributed by atoms with Gasteiger partial charge in [-0.1, -0.05) is 41.9 Å². The zero-order valence-corrected chi connectivity index (χ0v) is 11.7. The first kappa shape index (κ1) is 14.2. The first-order chi connectivity index (χ1) is 8.08. The van der Waals surface area contributed by atoms with Crippen molar-refractivity contribution in [3.05, 3.63) is 35.4 Å². The van der Waals surface area contributed by atoms with Crippen LogP contribution in [-0.4, -0.2) is 23.7 Å². The van der Waals surface area contributed by atoms with Crippen LogP contribution < -0.4 is 5.32 Å². The van der Waals surface area contributed by atoms with E-state index in [1.165, 1.54) is 0 Å². The van der Waals surface area contributed by atoms with Crippen molar-refractivity contribution >= 4 is 21.8 Å². The van der Waals surface area contributed by atoms with Gasteiger partial charge in [-0.15, -0.1) is 0 Å². The second-order valence-electron chi connectivity index (χ2n) is 4.34. The van der Waals surface area contributed by atoms with Crippen LogP contribution in [0.5, 0.6) is 0 Å². The molecule has 0 spiro atoms. The second-order valence-corrected chi connectivity index (χ2v) is 4.90. The van der Waals surface area contributed by atoms with Gasteiger partial charge in [0.1, 0.15) is 0 Å². The minimum Gasteiger partial charge on any atom is -0.394 e. The Balaban J connectivity index is 2.68.